The van der Waals surface area contributed by atoms with E-state index in [2.05, 4.69) is 5.10 Å². The van der Waals surface area contributed by atoms with Crippen LogP contribution in [0.3, 0.4) is 0 Å². The van der Waals surface area contributed by atoms with Crippen molar-refractivity contribution in [1.82, 2.24) is 9.78 Å². The first-order valence-corrected chi connectivity index (χ1v) is 4.61. The molecular weight excluding hydrogens is 166 g/mol. The third-order valence-electron chi connectivity index (χ3n) is 2.42. The highest BCUT2D eigenvalue weighted by molar-refractivity contribution is 5.09. The molecule has 2 N–H and O–H groups in total. The van der Waals surface area contributed by atoms with Crippen LogP contribution in [0.1, 0.15) is 24.5 Å². The summed E-state index contributed by atoms with van der Waals surface area (Å²) in [5, 5.41) is 4.11. The number of ether oxygens (including phenoxy) is 1. The minimum atomic E-state index is 0.150. The minimum absolute atomic E-state index is 0.150. The Kier molecular flexibility index (Phi) is 2.33. The lowest BCUT2D eigenvalue weighted by Gasteiger charge is -2.26. The van der Waals surface area contributed by atoms with Crippen molar-refractivity contribution in [2.24, 2.45) is 12.8 Å². The van der Waals surface area contributed by atoms with Crippen LogP contribution in [0.2, 0.25) is 0 Å². The summed E-state index contributed by atoms with van der Waals surface area (Å²) in [4.78, 5) is 0. The fraction of sp³-hybridized carbons (Fsp3) is 0.667. The van der Waals surface area contributed by atoms with Gasteiger partial charge in [-0.05, 0) is 12.8 Å². The van der Waals surface area contributed by atoms with Crippen LogP contribution in [-0.2, 0) is 11.8 Å². The summed E-state index contributed by atoms with van der Waals surface area (Å²) in [6.07, 6.45) is 5.87. The van der Waals surface area contributed by atoms with Gasteiger partial charge in [0.1, 0.15) is 0 Å². The Morgan fingerprint density at radius 2 is 2.54 bits per heavy atom. The van der Waals surface area contributed by atoms with Gasteiger partial charge >= 0.3 is 0 Å². The zero-order chi connectivity index (χ0) is 9.26. The maximum Gasteiger partial charge on any atom is 0.0870 e. The lowest BCUT2D eigenvalue weighted by molar-refractivity contribution is 0.00664. The van der Waals surface area contributed by atoms with E-state index in [0.717, 1.165) is 25.0 Å². The van der Waals surface area contributed by atoms with E-state index in [-0.39, 0.29) is 12.1 Å². The fourth-order valence-electron chi connectivity index (χ4n) is 1.66. The van der Waals surface area contributed by atoms with Crippen molar-refractivity contribution in [1.29, 1.82) is 0 Å². The monoisotopic (exact) mass is 181 g/mol. The van der Waals surface area contributed by atoms with Crippen LogP contribution in [0.15, 0.2) is 12.4 Å². The molecule has 0 radical (unpaired) electrons. The van der Waals surface area contributed by atoms with Gasteiger partial charge in [-0.3, -0.25) is 4.68 Å². The highest BCUT2D eigenvalue weighted by Gasteiger charge is 2.22. The summed E-state index contributed by atoms with van der Waals surface area (Å²) in [5.41, 5.74) is 7.00. The highest BCUT2D eigenvalue weighted by Crippen LogP contribution is 2.26. The van der Waals surface area contributed by atoms with E-state index in [1.807, 2.05) is 19.4 Å². The average molecular weight is 181 g/mol. The molecule has 0 aliphatic carbocycles. The normalized spacial score (nSPS) is 29.1. The molecule has 1 fully saturated rings. The van der Waals surface area contributed by atoms with E-state index in [4.69, 9.17) is 10.5 Å². The summed E-state index contributed by atoms with van der Waals surface area (Å²) in [6, 6.07) is 0.277. The van der Waals surface area contributed by atoms with Crippen molar-refractivity contribution in [3.05, 3.63) is 18.0 Å². The fourth-order valence-corrected chi connectivity index (χ4v) is 1.66. The van der Waals surface area contributed by atoms with Gasteiger partial charge in [-0.15, -0.1) is 0 Å². The molecule has 0 spiro atoms. The SMILES string of the molecule is Cn1cc([C@@H]2C[C@@H](N)CCO2)cn1. The predicted molar refractivity (Wildman–Crippen MR) is 49.1 cm³/mol. The maximum absolute atomic E-state index is 5.86. The number of nitrogens with zero attached hydrogens (tertiary/aromatic N) is 2. The molecule has 0 amide bonds. The molecule has 4 heteroatoms. The molecule has 0 saturated carbocycles. The topological polar surface area (TPSA) is 53.1 Å². The number of aromatic nitrogens is 2. The van der Waals surface area contributed by atoms with Crippen molar-refractivity contribution in [2.45, 2.75) is 25.0 Å². The largest absolute Gasteiger partial charge is 0.373 e. The molecule has 72 valence electrons. The van der Waals surface area contributed by atoms with Crippen molar-refractivity contribution in [3.8, 4) is 0 Å². The second-order valence-corrected chi connectivity index (χ2v) is 3.59. The standard InChI is InChI=1S/C9H15N3O/c1-12-6-7(5-11-12)9-4-8(10)2-3-13-9/h5-6,8-9H,2-4,10H2,1H3/t8-,9-/m0/s1. The van der Waals surface area contributed by atoms with Crippen molar-refractivity contribution < 1.29 is 4.74 Å². The molecule has 2 heterocycles. The second-order valence-electron chi connectivity index (χ2n) is 3.59. The summed E-state index contributed by atoms with van der Waals surface area (Å²) in [5.74, 6) is 0. The predicted octanol–water partition coefficient (Wildman–Crippen LogP) is 0.599. The first-order chi connectivity index (χ1) is 6.25. The lowest BCUT2D eigenvalue weighted by Crippen LogP contribution is -2.30. The van der Waals surface area contributed by atoms with Gasteiger partial charge in [0.05, 0.1) is 12.3 Å². The third-order valence-corrected chi connectivity index (χ3v) is 2.42. The van der Waals surface area contributed by atoms with Gasteiger partial charge in [-0.2, -0.15) is 5.10 Å². The van der Waals surface area contributed by atoms with Crippen molar-refractivity contribution in [2.75, 3.05) is 6.61 Å². The van der Waals surface area contributed by atoms with E-state index in [1.54, 1.807) is 4.68 Å². The van der Waals surface area contributed by atoms with Gasteiger partial charge in [0.2, 0.25) is 0 Å². The summed E-state index contributed by atoms with van der Waals surface area (Å²) in [7, 11) is 1.91. The van der Waals surface area contributed by atoms with Crippen LogP contribution in [0.25, 0.3) is 0 Å². The Labute approximate surface area is 77.7 Å². The number of hydrogen-bond donors (Lipinski definition) is 1. The number of hydrogen-bond acceptors (Lipinski definition) is 3. The van der Waals surface area contributed by atoms with E-state index in [0.29, 0.717) is 0 Å². The zero-order valence-corrected chi connectivity index (χ0v) is 7.81. The maximum atomic E-state index is 5.86. The molecule has 1 aromatic rings. The molecular formula is C9H15N3O. The Balaban J connectivity index is 2.08. The van der Waals surface area contributed by atoms with Crippen LogP contribution in [0.4, 0.5) is 0 Å². The minimum Gasteiger partial charge on any atom is -0.373 e. The van der Waals surface area contributed by atoms with Gasteiger partial charge < -0.3 is 10.5 Å². The van der Waals surface area contributed by atoms with Crippen molar-refractivity contribution >= 4 is 0 Å². The summed E-state index contributed by atoms with van der Waals surface area (Å²) >= 11 is 0. The molecule has 0 unspecified atom stereocenters. The Morgan fingerprint density at radius 3 is 3.15 bits per heavy atom. The van der Waals surface area contributed by atoms with Gasteiger partial charge in [-0.25, -0.2) is 0 Å². The lowest BCUT2D eigenvalue weighted by atomic mass is 10.0. The van der Waals surface area contributed by atoms with Crippen LogP contribution in [-0.4, -0.2) is 22.4 Å². The van der Waals surface area contributed by atoms with Gasteiger partial charge in [-0.1, -0.05) is 0 Å². The second kappa shape index (κ2) is 3.47. The average Bonchev–Trinajstić information content (AvgIpc) is 2.52. The first kappa shape index (κ1) is 8.72. The Hall–Kier alpha value is -0.870. The molecule has 1 aliphatic heterocycles. The molecule has 1 aromatic heterocycles. The van der Waals surface area contributed by atoms with E-state index < -0.39 is 0 Å². The summed E-state index contributed by atoms with van der Waals surface area (Å²) in [6.45, 7) is 0.765. The van der Waals surface area contributed by atoms with Crippen LogP contribution < -0.4 is 5.73 Å². The van der Waals surface area contributed by atoms with E-state index >= 15 is 0 Å². The van der Waals surface area contributed by atoms with Crippen LogP contribution >= 0.6 is 0 Å². The van der Waals surface area contributed by atoms with E-state index in [9.17, 15) is 0 Å². The van der Waals surface area contributed by atoms with Gasteiger partial charge in [0, 0.05) is 31.5 Å². The smallest absolute Gasteiger partial charge is 0.0870 e. The Bertz CT molecular complexity index is 284. The zero-order valence-electron chi connectivity index (χ0n) is 7.81. The summed E-state index contributed by atoms with van der Waals surface area (Å²) < 4.78 is 7.40. The van der Waals surface area contributed by atoms with Crippen LogP contribution in [0, 0.1) is 0 Å². The number of aryl methyl sites for hydroxylation is 1. The first-order valence-electron chi connectivity index (χ1n) is 4.61. The molecule has 2 rings (SSSR count). The highest BCUT2D eigenvalue weighted by atomic mass is 16.5. The van der Waals surface area contributed by atoms with Crippen LogP contribution in [0.5, 0.6) is 0 Å². The number of nitrogens with two attached hydrogens (primary N) is 1. The van der Waals surface area contributed by atoms with Crippen molar-refractivity contribution in [3.63, 3.8) is 0 Å². The molecule has 1 aliphatic rings. The quantitative estimate of drug-likeness (QED) is 0.690. The molecule has 1 saturated heterocycles. The van der Waals surface area contributed by atoms with Gasteiger partial charge in [0.25, 0.3) is 0 Å². The molecule has 0 bridgehead atoms. The molecule has 13 heavy (non-hydrogen) atoms. The molecule has 0 aromatic carbocycles. The van der Waals surface area contributed by atoms with Gasteiger partial charge in [0.15, 0.2) is 0 Å². The van der Waals surface area contributed by atoms with E-state index in [1.165, 1.54) is 0 Å². The Morgan fingerprint density at radius 1 is 1.69 bits per heavy atom. The third kappa shape index (κ3) is 1.89. The molecule has 2 atom stereocenters. The molecule has 4 nitrogen and oxygen atoms in total. The number of rotatable bonds is 1.